The van der Waals surface area contributed by atoms with E-state index in [2.05, 4.69) is 16.5 Å². The summed E-state index contributed by atoms with van der Waals surface area (Å²) in [6, 6.07) is 7.89. The Bertz CT molecular complexity index is 909. The molecule has 1 aliphatic rings. The lowest BCUT2D eigenvalue weighted by Gasteiger charge is -2.20. The van der Waals surface area contributed by atoms with E-state index in [1.165, 1.54) is 0 Å². The van der Waals surface area contributed by atoms with Crippen molar-refractivity contribution < 1.29 is 19.1 Å². The maximum Gasteiger partial charge on any atom is 0.413 e. The van der Waals surface area contributed by atoms with Gasteiger partial charge in [0.2, 0.25) is 0 Å². The number of aryl methyl sites for hydroxylation is 3. The maximum absolute atomic E-state index is 12.6. The monoisotopic (exact) mass is 414 g/mol. The minimum atomic E-state index is -0.586. The minimum absolute atomic E-state index is 0.239. The third kappa shape index (κ3) is 5.98. The molecule has 1 aromatic heterocycles. The highest BCUT2D eigenvalue weighted by atomic mass is 16.6. The summed E-state index contributed by atoms with van der Waals surface area (Å²) < 4.78 is 12.6. The number of ether oxygens (including phenoxy) is 2. The van der Waals surface area contributed by atoms with Crippen molar-refractivity contribution in [2.75, 3.05) is 11.9 Å². The quantitative estimate of drug-likeness (QED) is 0.805. The van der Waals surface area contributed by atoms with E-state index in [1.807, 2.05) is 30.7 Å². The van der Waals surface area contributed by atoms with Crippen molar-refractivity contribution in [2.45, 2.75) is 66.3 Å². The highest BCUT2D eigenvalue weighted by molar-refractivity contribution is 5.83. The van der Waals surface area contributed by atoms with Crippen LogP contribution < -0.4 is 5.32 Å². The second kappa shape index (κ2) is 8.77. The molecule has 1 aromatic carbocycles. The molecule has 0 fully saturated rings. The highest BCUT2D eigenvalue weighted by Crippen LogP contribution is 2.19. The molecule has 0 unspecified atom stereocenters. The van der Waals surface area contributed by atoms with Crippen LogP contribution in [0.4, 0.5) is 15.4 Å². The lowest BCUT2D eigenvalue weighted by molar-refractivity contribution is 0.0635. The number of benzene rings is 1. The molecule has 0 saturated carbocycles. The number of carbonyl (C=O) groups excluding carboxylic acids is 2. The van der Waals surface area contributed by atoms with Crippen molar-refractivity contribution in [1.82, 2.24) is 14.7 Å². The number of rotatable bonds is 3. The van der Waals surface area contributed by atoms with Gasteiger partial charge in [-0.15, -0.1) is 0 Å². The average molecular weight is 415 g/mol. The molecule has 0 radical (unpaired) electrons. The lowest BCUT2D eigenvalue weighted by atomic mass is 10.1. The van der Waals surface area contributed by atoms with E-state index in [-0.39, 0.29) is 12.7 Å². The SMILES string of the molecule is Cc1cc(C)cc(COC(=O)N2CCCn3nc(NC(=O)OC(C)(C)C)cc3C2)c1. The van der Waals surface area contributed by atoms with Crippen LogP contribution in [0, 0.1) is 13.8 Å². The molecular weight excluding hydrogens is 384 g/mol. The van der Waals surface area contributed by atoms with E-state index in [0.29, 0.717) is 25.5 Å². The van der Waals surface area contributed by atoms with Crippen molar-refractivity contribution >= 4 is 18.0 Å². The van der Waals surface area contributed by atoms with E-state index >= 15 is 0 Å². The molecule has 1 N–H and O–H groups in total. The van der Waals surface area contributed by atoms with E-state index in [1.54, 1.807) is 31.7 Å². The molecule has 0 aliphatic carbocycles. The molecule has 2 amide bonds. The number of hydrogen-bond donors (Lipinski definition) is 1. The lowest BCUT2D eigenvalue weighted by Crippen LogP contribution is -2.31. The largest absolute Gasteiger partial charge is 0.445 e. The molecule has 162 valence electrons. The zero-order valence-electron chi connectivity index (χ0n) is 18.3. The van der Waals surface area contributed by atoms with E-state index in [9.17, 15) is 9.59 Å². The fraction of sp³-hybridized carbons (Fsp3) is 0.500. The average Bonchev–Trinajstić information content (AvgIpc) is 2.86. The molecule has 1 aliphatic heterocycles. The fourth-order valence-corrected chi connectivity index (χ4v) is 3.48. The summed E-state index contributed by atoms with van der Waals surface area (Å²) in [6.45, 7) is 11.3. The van der Waals surface area contributed by atoms with Gasteiger partial charge < -0.3 is 14.4 Å². The van der Waals surface area contributed by atoms with Crippen LogP contribution in [0.25, 0.3) is 0 Å². The maximum atomic E-state index is 12.6. The molecule has 8 heteroatoms. The molecule has 3 rings (SSSR count). The zero-order chi connectivity index (χ0) is 21.9. The predicted octanol–water partition coefficient (Wildman–Crippen LogP) is 4.39. The number of carbonyl (C=O) groups is 2. The van der Waals surface area contributed by atoms with Crippen molar-refractivity contribution in [3.63, 3.8) is 0 Å². The second-order valence-electron chi connectivity index (χ2n) is 8.70. The summed E-state index contributed by atoms with van der Waals surface area (Å²) in [4.78, 5) is 26.3. The van der Waals surface area contributed by atoms with Crippen LogP contribution in [0.5, 0.6) is 0 Å². The molecule has 0 bridgehead atoms. The Morgan fingerprint density at radius 3 is 2.47 bits per heavy atom. The number of amides is 2. The van der Waals surface area contributed by atoms with Crippen LogP contribution in [0.15, 0.2) is 24.3 Å². The summed E-state index contributed by atoms with van der Waals surface area (Å²) in [5, 5.41) is 7.06. The highest BCUT2D eigenvalue weighted by Gasteiger charge is 2.23. The van der Waals surface area contributed by atoms with Gasteiger partial charge in [0.25, 0.3) is 0 Å². The topological polar surface area (TPSA) is 85.7 Å². The van der Waals surface area contributed by atoms with Crippen molar-refractivity contribution in [1.29, 1.82) is 0 Å². The van der Waals surface area contributed by atoms with Gasteiger partial charge in [0.15, 0.2) is 5.82 Å². The summed E-state index contributed by atoms with van der Waals surface area (Å²) in [5.41, 5.74) is 3.51. The van der Waals surface area contributed by atoms with Gasteiger partial charge in [0.05, 0.1) is 12.2 Å². The molecule has 2 heterocycles. The molecule has 30 heavy (non-hydrogen) atoms. The normalized spacial score (nSPS) is 14.0. The van der Waals surface area contributed by atoms with Crippen LogP contribution in [0.1, 0.15) is 49.6 Å². The van der Waals surface area contributed by atoms with Crippen molar-refractivity contribution in [2.24, 2.45) is 0 Å². The first-order valence-electron chi connectivity index (χ1n) is 10.1. The molecule has 8 nitrogen and oxygen atoms in total. The van der Waals surface area contributed by atoms with Gasteiger partial charge in [-0.2, -0.15) is 5.10 Å². The fourth-order valence-electron chi connectivity index (χ4n) is 3.48. The zero-order valence-corrected chi connectivity index (χ0v) is 18.3. The second-order valence-corrected chi connectivity index (χ2v) is 8.70. The van der Waals surface area contributed by atoms with Gasteiger partial charge in [-0.25, -0.2) is 9.59 Å². The predicted molar refractivity (Wildman–Crippen MR) is 113 cm³/mol. The smallest absolute Gasteiger partial charge is 0.413 e. The van der Waals surface area contributed by atoms with Crippen LogP contribution in [0.2, 0.25) is 0 Å². The van der Waals surface area contributed by atoms with Gasteiger partial charge in [0, 0.05) is 19.2 Å². The summed E-state index contributed by atoms with van der Waals surface area (Å²) in [7, 11) is 0. The van der Waals surface area contributed by atoms with Crippen LogP contribution in [-0.2, 0) is 29.2 Å². The molecular formula is C22H30N4O4. The van der Waals surface area contributed by atoms with Gasteiger partial charge in [0.1, 0.15) is 12.2 Å². The van der Waals surface area contributed by atoms with E-state index < -0.39 is 11.7 Å². The van der Waals surface area contributed by atoms with Crippen LogP contribution >= 0.6 is 0 Å². The molecule has 2 aromatic rings. The Morgan fingerprint density at radius 2 is 1.80 bits per heavy atom. The summed E-state index contributed by atoms with van der Waals surface area (Å²) in [6.07, 6.45) is -0.162. The first kappa shape index (κ1) is 21.7. The summed E-state index contributed by atoms with van der Waals surface area (Å²) >= 11 is 0. The Kier molecular flexibility index (Phi) is 6.34. The Morgan fingerprint density at radius 1 is 1.10 bits per heavy atom. The van der Waals surface area contributed by atoms with Crippen molar-refractivity contribution in [3.05, 3.63) is 46.6 Å². The third-order valence-electron chi connectivity index (χ3n) is 4.55. The number of hydrogen-bond acceptors (Lipinski definition) is 5. The molecule has 0 atom stereocenters. The third-order valence-corrected chi connectivity index (χ3v) is 4.55. The number of nitrogens with one attached hydrogen (secondary N) is 1. The Hall–Kier alpha value is -3.03. The van der Waals surface area contributed by atoms with Gasteiger partial charge in [-0.3, -0.25) is 10.00 Å². The molecule has 0 spiro atoms. The standard InChI is InChI=1S/C22H30N4O4/c1-15-9-16(2)11-17(10-15)14-29-21(28)25-7-6-8-26-18(13-25)12-19(24-26)23-20(27)30-22(3,4)5/h9-12H,6-8,13-14H2,1-5H3,(H,23,24,27). The Labute approximate surface area is 177 Å². The first-order chi connectivity index (χ1) is 14.1. The van der Waals surface area contributed by atoms with Crippen LogP contribution in [0.3, 0.4) is 0 Å². The van der Waals surface area contributed by atoms with Gasteiger partial charge >= 0.3 is 12.2 Å². The van der Waals surface area contributed by atoms with Crippen molar-refractivity contribution in [3.8, 4) is 0 Å². The first-order valence-corrected chi connectivity index (χ1v) is 10.1. The van der Waals surface area contributed by atoms with Crippen LogP contribution in [-0.4, -0.2) is 39.0 Å². The number of anilines is 1. The van der Waals surface area contributed by atoms with Gasteiger partial charge in [-0.1, -0.05) is 29.3 Å². The van der Waals surface area contributed by atoms with E-state index in [4.69, 9.17) is 9.47 Å². The number of fused-ring (bicyclic) bond motifs is 1. The van der Waals surface area contributed by atoms with Gasteiger partial charge in [-0.05, 0) is 46.6 Å². The van der Waals surface area contributed by atoms with E-state index in [0.717, 1.165) is 28.8 Å². The molecule has 0 saturated heterocycles. The minimum Gasteiger partial charge on any atom is -0.445 e. The summed E-state index contributed by atoms with van der Waals surface area (Å²) in [5.74, 6) is 0.407. The number of nitrogens with zero attached hydrogens (tertiary/aromatic N) is 3. The number of aromatic nitrogens is 2. The Balaban J connectivity index is 1.61.